The number of aliphatic carboxylic acids is 1. The third kappa shape index (κ3) is 5.53. The minimum atomic E-state index is -0.905. The summed E-state index contributed by atoms with van der Waals surface area (Å²) in [6.45, 7) is 4.87. The highest BCUT2D eigenvalue weighted by Gasteiger charge is 2.33. The van der Waals surface area contributed by atoms with Crippen molar-refractivity contribution in [2.45, 2.75) is 39.3 Å². The van der Waals surface area contributed by atoms with Crippen LogP contribution in [-0.4, -0.2) is 39.9 Å². The average molecular weight is 511 g/mol. The molecule has 0 amide bonds. The molecule has 2 heterocycles. The van der Waals surface area contributed by atoms with Crippen molar-refractivity contribution in [3.63, 3.8) is 0 Å². The van der Waals surface area contributed by atoms with E-state index < -0.39 is 12.0 Å². The number of ether oxygens (including phenoxy) is 1. The van der Waals surface area contributed by atoms with Crippen LogP contribution in [0.1, 0.15) is 51.5 Å². The summed E-state index contributed by atoms with van der Waals surface area (Å²) in [5.41, 5.74) is 5.06. The number of hydrogen-bond donors (Lipinski definition) is 1. The van der Waals surface area contributed by atoms with Gasteiger partial charge < -0.3 is 14.3 Å². The molecule has 0 saturated heterocycles. The molecular formula is C31H30N2O5. The van der Waals surface area contributed by atoms with Crippen LogP contribution in [0.25, 0.3) is 11.5 Å². The summed E-state index contributed by atoms with van der Waals surface area (Å²) in [5.74, 6) is 1.06. The maximum absolute atomic E-state index is 12.4. The van der Waals surface area contributed by atoms with Gasteiger partial charge in [0.25, 0.3) is 0 Å². The number of carbonyl (C=O) groups is 2. The quantitative estimate of drug-likeness (QED) is 0.291. The van der Waals surface area contributed by atoms with Gasteiger partial charge in [-0.3, -0.25) is 14.5 Å². The SMILES string of the molecule is CC(=O)c1cccc(CN2CCc3ccc(OCCc4nc(-c5ccccc5)oc4C)cc3C2C(=O)O)c1. The van der Waals surface area contributed by atoms with Crippen molar-refractivity contribution in [2.75, 3.05) is 13.2 Å². The summed E-state index contributed by atoms with van der Waals surface area (Å²) >= 11 is 0. The number of carbonyl (C=O) groups excluding carboxylic acids is 1. The molecule has 0 radical (unpaired) electrons. The fourth-order valence-corrected chi connectivity index (χ4v) is 4.95. The first kappa shape index (κ1) is 25.4. The fourth-order valence-electron chi connectivity index (χ4n) is 4.95. The number of nitrogens with zero attached hydrogens (tertiary/aromatic N) is 2. The average Bonchev–Trinajstić information content (AvgIpc) is 3.29. The van der Waals surface area contributed by atoms with Gasteiger partial charge in [-0.1, -0.05) is 42.5 Å². The molecule has 5 rings (SSSR count). The van der Waals surface area contributed by atoms with Crippen molar-refractivity contribution in [1.82, 2.24) is 9.88 Å². The lowest BCUT2D eigenvalue weighted by atomic mass is 9.91. The van der Waals surface area contributed by atoms with E-state index in [1.165, 1.54) is 6.92 Å². The number of Topliss-reactive ketones (excluding diaryl/α,β-unsaturated/α-hetero) is 1. The summed E-state index contributed by atoms with van der Waals surface area (Å²) in [5, 5.41) is 10.2. The Morgan fingerprint density at radius 1 is 1.08 bits per heavy atom. The normalized spacial score (nSPS) is 15.2. The molecule has 4 aromatic rings. The molecule has 0 spiro atoms. The van der Waals surface area contributed by atoms with Crippen LogP contribution >= 0.6 is 0 Å². The standard InChI is InChI=1S/C31H30N2O5/c1-20(34)25-10-6-7-22(17-25)19-33-15-13-23-11-12-26(18-27(23)29(33)31(35)36)37-16-14-28-21(2)38-30(32-28)24-8-4-3-5-9-24/h3-12,17-18,29H,13-16,19H2,1-2H3,(H,35,36). The van der Waals surface area contributed by atoms with Crippen LogP contribution in [0.15, 0.2) is 77.2 Å². The van der Waals surface area contributed by atoms with Crippen LogP contribution in [0.2, 0.25) is 0 Å². The molecule has 0 aliphatic carbocycles. The highest BCUT2D eigenvalue weighted by Crippen LogP contribution is 2.34. The molecule has 0 fully saturated rings. The molecule has 1 aromatic heterocycles. The molecular weight excluding hydrogens is 480 g/mol. The third-order valence-corrected chi connectivity index (χ3v) is 6.92. The smallest absolute Gasteiger partial charge is 0.325 e. The second-order valence-corrected chi connectivity index (χ2v) is 9.56. The lowest BCUT2D eigenvalue weighted by molar-refractivity contribution is -0.144. The van der Waals surface area contributed by atoms with Gasteiger partial charge in [-0.2, -0.15) is 0 Å². The summed E-state index contributed by atoms with van der Waals surface area (Å²) < 4.78 is 11.9. The highest BCUT2D eigenvalue weighted by atomic mass is 16.5. The summed E-state index contributed by atoms with van der Waals surface area (Å²) in [7, 11) is 0. The maximum atomic E-state index is 12.4. The van der Waals surface area contributed by atoms with Crippen LogP contribution in [0.5, 0.6) is 5.75 Å². The highest BCUT2D eigenvalue weighted by molar-refractivity contribution is 5.94. The Morgan fingerprint density at radius 3 is 2.66 bits per heavy atom. The van der Waals surface area contributed by atoms with E-state index in [0.717, 1.165) is 40.1 Å². The first-order valence-corrected chi connectivity index (χ1v) is 12.7. The Morgan fingerprint density at radius 2 is 1.89 bits per heavy atom. The van der Waals surface area contributed by atoms with Gasteiger partial charge in [-0.15, -0.1) is 0 Å². The molecule has 0 saturated carbocycles. The van der Waals surface area contributed by atoms with Crippen LogP contribution in [0.4, 0.5) is 0 Å². The molecule has 3 aromatic carbocycles. The number of carboxylic acids is 1. The van der Waals surface area contributed by atoms with Gasteiger partial charge in [0.05, 0.1) is 12.3 Å². The first-order valence-electron chi connectivity index (χ1n) is 12.7. The van der Waals surface area contributed by atoms with Gasteiger partial charge in [0.2, 0.25) is 5.89 Å². The predicted octanol–water partition coefficient (Wildman–Crippen LogP) is 5.66. The Hall–Kier alpha value is -4.23. The molecule has 7 heteroatoms. The number of aromatic nitrogens is 1. The van der Waals surface area contributed by atoms with Crippen molar-refractivity contribution < 1.29 is 23.8 Å². The number of hydrogen-bond acceptors (Lipinski definition) is 6. The minimum Gasteiger partial charge on any atom is -0.493 e. The summed E-state index contributed by atoms with van der Waals surface area (Å²) in [6, 6.07) is 22.0. The van der Waals surface area contributed by atoms with Gasteiger partial charge in [0.15, 0.2) is 5.78 Å². The Kier molecular flexibility index (Phi) is 7.38. The van der Waals surface area contributed by atoms with Crippen LogP contribution in [0, 0.1) is 6.92 Å². The van der Waals surface area contributed by atoms with E-state index in [2.05, 4.69) is 4.98 Å². The minimum absolute atomic E-state index is 0.00971. The molecule has 0 bridgehead atoms. The van der Waals surface area contributed by atoms with Crippen molar-refractivity contribution in [2.24, 2.45) is 0 Å². The Labute approximate surface area is 221 Å². The van der Waals surface area contributed by atoms with Gasteiger partial charge in [0, 0.05) is 30.6 Å². The molecule has 38 heavy (non-hydrogen) atoms. The van der Waals surface area contributed by atoms with Crippen LogP contribution < -0.4 is 4.74 Å². The molecule has 1 aliphatic heterocycles. The zero-order chi connectivity index (χ0) is 26.6. The van der Waals surface area contributed by atoms with Gasteiger partial charge >= 0.3 is 5.97 Å². The second kappa shape index (κ2) is 11.0. The van der Waals surface area contributed by atoms with E-state index in [1.54, 1.807) is 6.07 Å². The zero-order valence-electron chi connectivity index (χ0n) is 21.5. The molecule has 194 valence electrons. The number of ketones is 1. The van der Waals surface area contributed by atoms with E-state index in [9.17, 15) is 14.7 Å². The largest absolute Gasteiger partial charge is 0.493 e. The van der Waals surface area contributed by atoms with Gasteiger partial charge in [-0.25, -0.2) is 4.98 Å². The van der Waals surface area contributed by atoms with Crippen LogP contribution in [-0.2, 0) is 24.2 Å². The predicted molar refractivity (Wildman–Crippen MR) is 143 cm³/mol. The van der Waals surface area contributed by atoms with E-state index in [0.29, 0.717) is 43.3 Å². The fraction of sp³-hybridized carbons (Fsp3) is 0.258. The molecule has 1 unspecified atom stereocenters. The van der Waals surface area contributed by atoms with Crippen molar-refractivity contribution in [3.8, 4) is 17.2 Å². The molecule has 1 aliphatic rings. The number of carboxylic acid groups (broad SMARTS) is 1. The van der Waals surface area contributed by atoms with E-state index >= 15 is 0 Å². The lowest BCUT2D eigenvalue weighted by Gasteiger charge is -2.35. The van der Waals surface area contributed by atoms with Crippen molar-refractivity contribution in [3.05, 3.63) is 107 Å². The molecule has 1 atom stereocenters. The number of rotatable bonds is 9. The molecule has 7 nitrogen and oxygen atoms in total. The van der Waals surface area contributed by atoms with E-state index in [4.69, 9.17) is 9.15 Å². The number of benzene rings is 3. The monoisotopic (exact) mass is 510 g/mol. The maximum Gasteiger partial charge on any atom is 0.325 e. The van der Waals surface area contributed by atoms with Crippen molar-refractivity contribution >= 4 is 11.8 Å². The molecule has 1 N–H and O–H groups in total. The zero-order valence-corrected chi connectivity index (χ0v) is 21.5. The number of aryl methyl sites for hydroxylation is 1. The van der Waals surface area contributed by atoms with E-state index in [1.807, 2.05) is 78.6 Å². The van der Waals surface area contributed by atoms with Gasteiger partial charge in [0.1, 0.15) is 17.6 Å². The first-order chi connectivity index (χ1) is 18.4. The van der Waals surface area contributed by atoms with Crippen molar-refractivity contribution in [1.29, 1.82) is 0 Å². The van der Waals surface area contributed by atoms with E-state index in [-0.39, 0.29) is 5.78 Å². The Bertz CT molecular complexity index is 1460. The number of fused-ring (bicyclic) bond motifs is 1. The summed E-state index contributed by atoms with van der Waals surface area (Å²) in [6.07, 6.45) is 1.31. The third-order valence-electron chi connectivity index (χ3n) is 6.92. The van der Waals surface area contributed by atoms with Crippen LogP contribution in [0.3, 0.4) is 0 Å². The summed E-state index contributed by atoms with van der Waals surface area (Å²) in [4.78, 5) is 30.8. The number of oxazole rings is 1. The second-order valence-electron chi connectivity index (χ2n) is 9.56. The topological polar surface area (TPSA) is 92.9 Å². The Balaban J connectivity index is 1.29. The van der Waals surface area contributed by atoms with Gasteiger partial charge in [-0.05, 0) is 67.3 Å². The lowest BCUT2D eigenvalue weighted by Crippen LogP contribution is -2.39.